The van der Waals surface area contributed by atoms with Crippen LogP contribution in [0.25, 0.3) is 0 Å². The van der Waals surface area contributed by atoms with E-state index in [0.717, 1.165) is 0 Å². The molecule has 0 spiro atoms. The van der Waals surface area contributed by atoms with Crippen LogP contribution < -0.4 is 16.4 Å². The number of carbonyl (C=O) groups is 1. The van der Waals surface area contributed by atoms with Crippen molar-refractivity contribution in [1.82, 2.24) is 5.32 Å². The molecule has 0 aliphatic rings. The molecule has 20 heavy (non-hydrogen) atoms. The number of hydrogen-bond donors (Lipinski definition) is 3. The lowest BCUT2D eigenvalue weighted by Gasteiger charge is -2.12. The van der Waals surface area contributed by atoms with E-state index in [2.05, 4.69) is 10.6 Å². The highest BCUT2D eigenvalue weighted by molar-refractivity contribution is 5.96. The lowest BCUT2D eigenvalue weighted by atomic mass is 10.1. The highest BCUT2D eigenvalue weighted by Crippen LogP contribution is 2.23. The Labute approximate surface area is 115 Å². The van der Waals surface area contributed by atoms with Crippen LogP contribution in [-0.4, -0.2) is 25.2 Å². The molecule has 4 nitrogen and oxygen atoms in total. The maximum atomic E-state index is 12.0. The molecule has 0 bridgehead atoms. The van der Waals surface area contributed by atoms with Gasteiger partial charge in [-0.2, -0.15) is 13.2 Å². The van der Waals surface area contributed by atoms with Crippen LogP contribution in [0.2, 0.25) is 0 Å². The van der Waals surface area contributed by atoms with Gasteiger partial charge in [-0.15, -0.1) is 0 Å². The van der Waals surface area contributed by atoms with Crippen molar-refractivity contribution >= 4 is 17.3 Å². The van der Waals surface area contributed by atoms with Crippen molar-refractivity contribution in [1.29, 1.82) is 0 Å². The molecule has 112 valence electrons. The minimum Gasteiger partial charge on any atom is -0.397 e. The molecule has 0 aliphatic carbocycles. The van der Waals surface area contributed by atoms with Gasteiger partial charge in [0.25, 0.3) is 5.91 Å². The zero-order valence-electron chi connectivity index (χ0n) is 11.2. The van der Waals surface area contributed by atoms with E-state index in [1.165, 1.54) is 6.07 Å². The van der Waals surface area contributed by atoms with Crippen LogP contribution in [0.15, 0.2) is 18.2 Å². The predicted molar refractivity (Wildman–Crippen MR) is 72.6 cm³/mol. The topological polar surface area (TPSA) is 67.2 Å². The fourth-order valence-electron chi connectivity index (χ4n) is 1.63. The molecule has 0 atom stereocenters. The van der Waals surface area contributed by atoms with E-state index in [0.29, 0.717) is 23.5 Å². The van der Waals surface area contributed by atoms with Gasteiger partial charge in [0.05, 0.1) is 11.4 Å². The quantitative estimate of drug-likeness (QED) is 0.557. The normalized spacial score (nSPS) is 11.2. The molecular formula is C13H18F3N3O. The van der Waals surface area contributed by atoms with E-state index in [4.69, 9.17) is 5.73 Å². The number of amides is 1. The van der Waals surface area contributed by atoms with Gasteiger partial charge in [-0.1, -0.05) is 0 Å². The minimum absolute atomic E-state index is 0.0473. The maximum Gasteiger partial charge on any atom is 0.389 e. The molecular weight excluding hydrogens is 271 g/mol. The fraction of sp³-hybridized carbons (Fsp3) is 0.462. The Morgan fingerprint density at radius 3 is 2.65 bits per heavy atom. The van der Waals surface area contributed by atoms with Gasteiger partial charge in [0.15, 0.2) is 0 Å². The highest BCUT2D eigenvalue weighted by Gasteiger charge is 2.25. The summed E-state index contributed by atoms with van der Waals surface area (Å²) >= 11 is 0. The highest BCUT2D eigenvalue weighted by atomic mass is 19.4. The Bertz CT molecular complexity index is 461. The summed E-state index contributed by atoms with van der Waals surface area (Å²) in [5.74, 6) is -0.245. The second-order valence-electron chi connectivity index (χ2n) is 4.31. The fourth-order valence-corrected chi connectivity index (χ4v) is 1.63. The third-order valence-corrected chi connectivity index (χ3v) is 2.61. The van der Waals surface area contributed by atoms with Crippen LogP contribution >= 0.6 is 0 Å². The van der Waals surface area contributed by atoms with Crippen molar-refractivity contribution in [3.8, 4) is 0 Å². The molecule has 0 fully saturated rings. The van der Waals surface area contributed by atoms with E-state index in [1.807, 2.05) is 0 Å². The van der Waals surface area contributed by atoms with Crippen molar-refractivity contribution in [2.45, 2.75) is 25.9 Å². The van der Waals surface area contributed by atoms with Crippen molar-refractivity contribution < 1.29 is 18.0 Å². The number of nitrogens with two attached hydrogens (primary N) is 1. The van der Waals surface area contributed by atoms with Gasteiger partial charge in [-0.25, -0.2) is 0 Å². The molecule has 0 radical (unpaired) electrons. The Kier molecular flexibility index (Phi) is 5.66. The molecule has 1 aromatic rings. The monoisotopic (exact) mass is 289 g/mol. The van der Waals surface area contributed by atoms with E-state index in [-0.39, 0.29) is 18.9 Å². The summed E-state index contributed by atoms with van der Waals surface area (Å²) in [6, 6.07) is 4.66. The number of rotatable bonds is 6. The molecule has 0 saturated carbocycles. The summed E-state index contributed by atoms with van der Waals surface area (Å²) in [5, 5.41) is 5.46. The molecule has 1 aromatic carbocycles. The average molecular weight is 289 g/mol. The molecule has 7 heteroatoms. The third-order valence-electron chi connectivity index (χ3n) is 2.61. The van der Waals surface area contributed by atoms with Gasteiger partial charge in [0.1, 0.15) is 0 Å². The molecule has 1 rings (SSSR count). The summed E-state index contributed by atoms with van der Waals surface area (Å²) in [4.78, 5) is 11.6. The van der Waals surface area contributed by atoms with Crippen molar-refractivity contribution in [3.05, 3.63) is 23.8 Å². The molecule has 0 saturated heterocycles. The van der Waals surface area contributed by atoms with Gasteiger partial charge in [-0.05, 0) is 31.5 Å². The van der Waals surface area contributed by atoms with E-state index >= 15 is 0 Å². The van der Waals surface area contributed by atoms with Crippen LogP contribution in [0.3, 0.4) is 0 Å². The summed E-state index contributed by atoms with van der Waals surface area (Å²) in [6.45, 7) is 2.44. The third kappa shape index (κ3) is 5.38. The van der Waals surface area contributed by atoms with Crippen LogP contribution in [0.1, 0.15) is 30.1 Å². The molecule has 1 amide bonds. The Morgan fingerprint density at radius 2 is 2.05 bits per heavy atom. The largest absolute Gasteiger partial charge is 0.397 e. The number of alkyl halides is 3. The van der Waals surface area contributed by atoms with Gasteiger partial charge < -0.3 is 16.4 Å². The SMILES string of the molecule is CCNC(=O)c1ccc(N)c(NCCCC(F)(F)F)c1. The van der Waals surface area contributed by atoms with Crippen LogP contribution in [0.5, 0.6) is 0 Å². The second kappa shape index (κ2) is 7.02. The van der Waals surface area contributed by atoms with Crippen LogP contribution in [0, 0.1) is 0 Å². The first-order chi connectivity index (χ1) is 9.33. The average Bonchev–Trinajstić information content (AvgIpc) is 2.35. The first-order valence-electron chi connectivity index (χ1n) is 6.32. The molecule has 0 aromatic heterocycles. The van der Waals surface area contributed by atoms with Crippen molar-refractivity contribution in [2.75, 3.05) is 24.1 Å². The number of carbonyl (C=O) groups excluding carboxylic acids is 1. The Morgan fingerprint density at radius 1 is 1.35 bits per heavy atom. The maximum absolute atomic E-state index is 12.0. The molecule has 0 unspecified atom stereocenters. The molecule has 0 heterocycles. The van der Waals surface area contributed by atoms with Crippen LogP contribution in [-0.2, 0) is 0 Å². The second-order valence-corrected chi connectivity index (χ2v) is 4.31. The number of benzene rings is 1. The zero-order chi connectivity index (χ0) is 15.2. The minimum atomic E-state index is -4.16. The summed E-state index contributed by atoms with van der Waals surface area (Å²) in [6.07, 6.45) is -5.06. The van der Waals surface area contributed by atoms with Gasteiger partial charge >= 0.3 is 6.18 Å². The Hall–Kier alpha value is -1.92. The molecule has 0 aliphatic heterocycles. The van der Waals surface area contributed by atoms with Crippen LogP contribution in [0.4, 0.5) is 24.5 Å². The van der Waals surface area contributed by atoms with Crippen molar-refractivity contribution in [3.63, 3.8) is 0 Å². The van der Waals surface area contributed by atoms with Gasteiger partial charge in [0.2, 0.25) is 0 Å². The van der Waals surface area contributed by atoms with Crippen molar-refractivity contribution in [2.24, 2.45) is 0 Å². The Balaban J connectivity index is 2.61. The summed E-state index contributed by atoms with van der Waals surface area (Å²) < 4.78 is 36.0. The lowest BCUT2D eigenvalue weighted by Crippen LogP contribution is -2.22. The first kappa shape index (κ1) is 16.1. The summed E-state index contributed by atoms with van der Waals surface area (Å²) in [5.41, 5.74) is 6.99. The summed E-state index contributed by atoms with van der Waals surface area (Å²) in [7, 11) is 0. The number of halogens is 3. The van der Waals surface area contributed by atoms with E-state index in [9.17, 15) is 18.0 Å². The van der Waals surface area contributed by atoms with E-state index < -0.39 is 12.6 Å². The first-order valence-corrected chi connectivity index (χ1v) is 6.32. The smallest absolute Gasteiger partial charge is 0.389 e. The van der Waals surface area contributed by atoms with Gasteiger partial charge in [-0.3, -0.25) is 4.79 Å². The number of anilines is 2. The zero-order valence-corrected chi connectivity index (χ0v) is 11.2. The predicted octanol–water partition coefficient (Wildman–Crippen LogP) is 2.77. The number of hydrogen-bond acceptors (Lipinski definition) is 3. The molecule has 4 N–H and O–H groups in total. The number of nitrogen functional groups attached to an aromatic ring is 1. The standard InChI is InChI=1S/C13H18F3N3O/c1-2-18-12(20)9-4-5-10(17)11(8-9)19-7-3-6-13(14,15)16/h4-5,8,19H,2-3,6-7,17H2,1H3,(H,18,20). The van der Waals surface area contributed by atoms with Gasteiger partial charge in [0, 0.05) is 25.1 Å². The van der Waals surface area contributed by atoms with E-state index in [1.54, 1.807) is 19.1 Å². The lowest BCUT2D eigenvalue weighted by molar-refractivity contribution is -0.134. The number of nitrogens with one attached hydrogen (secondary N) is 2.